The number of aromatic nitrogens is 2. The van der Waals surface area contributed by atoms with E-state index >= 15 is 0 Å². The number of nitrogens with zero attached hydrogens (tertiary/aromatic N) is 4. The summed E-state index contributed by atoms with van der Waals surface area (Å²) in [5.74, 6) is 0.877. The van der Waals surface area contributed by atoms with Gasteiger partial charge >= 0.3 is 0 Å². The highest BCUT2D eigenvalue weighted by Crippen LogP contribution is 2.29. The molecule has 3 aromatic rings. The maximum atomic E-state index is 13.4. The van der Waals surface area contributed by atoms with Crippen LogP contribution in [0.4, 0.5) is 5.69 Å². The first-order valence-electron chi connectivity index (χ1n) is 11.8. The molecule has 0 spiro atoms. The number of nitrogens with one attached hydrogen (secondary N) is 1. The molecule has 0 aliphatic carbocycles. The van der Waals surface area contributed by atoms with Gasteiger partial charge in [-0.2, -0.15) is 0 Å². The first-order valence-corrected chi connectivity index (χ1v) is 11.8. The molecule has 1 saturated heterocycles. The van der Waals surface area contributed by atoms with Crippen molar-refractivity contribution < 1.29 is 19.1 Å². The van der Waals surface area contributed by atoms with Crippen LogP contribution in [0.5, 0.6) is 0 Å². The lowest BCUT2D eigenvalue weighted by Crippen LogP contribution is -2.39. The summed E-state index contributed by atoms with van der Waals surface area (Å²) in [7, 11) is 1.82. The van der Waals surface area contributed by atoms with Gasteiger partial charge in [0.15, 0.2) is 0 Å². The molecule has 2 aromatic carbocycles. The first-order chi connectivity index (χ1) is 16.9. The topological polar surface area (TPSA) is 112 Å². The van der Waals surface area contributed by atoms with E-state index < -0.39 is 0 Å². The van der Waals surface area contributed by atoms with E-state index in [0.29, 0.717) is 31.3 Å². The van der Waals surface area contributed by atoms with Crippen molar-refractivity contribution in [1.29, 1.82) is 0 Å². The van der Waals surface area contributed by atoms with E-state index in [0.717, 1.165) is 40.9 Å². The van der Waals surface area contributed by atoms with Gasteiger partial charge in [-0.1, -0.05) is 24.3 Å². The molecule has 1 fully saturated rings. The van der Waals surface area contributed by atoms with Gasteiger partial charge in [-0.05, 0) is 41.3 Å². The highest BCUT2D eigenvalue weighted by molar-refractivity contribution is 5.99. The molecule has 35 heavy (non-hydrogen) atoms. The summed E-state index contributed by atoms with van der Waals surface area (Å²) in [6.45, 7) is 3.73. The minimum Gasteiger partial charge on any atom is -0.421 e. The minimum absolute atomic E-state index is 0.0234. The van der Waals surface area contributed by atoms with Crippen LogP contribution in [0.2, 0.25) is 0 Å². The summed E-state index contributed by atoms with van der Waals surface area (Å²) in [4.78, 5) is 29.1. The number of likely N-dealkylation sites (N-methyl/N-ethyl adjacent to an activating group) is 1. The average molecular weight is 476 g/mol. The predicted molar refractivity (Wildman–Crippen MR) is 130 cm³/mol. The van der Waals surface area contributed by atoms with Crippen molar-refractivity contribution in [1.82, 2.24) is 20.0 Å². The first kappa shape index (κ1) is 23.2. The number of hydrogen-bond donors (Lipinski definition) is 2. The van der Waals surface area contributed by atoms with E-state index in [1.54, 1.807) is 11.8 Å². The van der Waals surface area contributed by atoms with E-state index in [2.05, 4.69) is 20.4 Å². The number of carbonyl (C=O) groups is 2. The van der Waals surface area contributed by atoms with Crippen LogP contribution in [0.15, 0.2) is 46.9 Å². The molecule has 5 rings (SSSR count). The second-order valence-corrected chi connectivity index (χ2v) is 9.37. The summed E-state index contributed by atoms with van der Waals surface area (Å²) in [6, 6.07) is 13.3. The smallest absolute Gasteiger partial charge is 0.247 e. The second-order valence-electron chi connectivity index (χ2n) is 9.37. The van der Waals surface area contributed by atoms with E-state index in [4.69, 9.17) is 4.42 Å². The van der Waals surface area contributed by atoms with E-state index in [9.17, 15) is 14.7 Å². The molecule has 1 aromatic heterocycles. The van der Waals surface area contributed by atoms with Gasteiger partial charge in [0.2, 0.25) is 23.6 Å². The molecular formula is C26H29N5O4. The Morgan fingerprint density at radius 2 is 2.14 bits per heavy atom. The van der Waals surface area contributed by atoms with E-state index in [1.807, 2.05) is 49.5 Å². The maximum Gasteiger partial charge on any atom is 0.247 e. The highest BCUT2D eigenvalue weighted by atomic mass is 16.4. The fourth-order valence-electron chi connectivity index (χ4n) is 4.81. The molecule has 0 saturated carbocycles. The molecule has 0 bridgehead atoms. The molecule has 9 heteroatoms. The van der Waals surface area contributed by atoms with Crippen LogP contribution in [-0.4, -0.2) is 69.7 Å². The van der Waals surface area contributed by atoms with Crippen molar-refractivity contribution in [2.24, 2.45) is 0 Å². The number of anilines is 1. The van der Waals surface area contributed by atoms with Crippen LogP contribution in [0, 0.1) is 6.92 Å². The summed E-state index contributed by atoms with van der Waals surface area (Å²) < 4.78 is 5.61. The van der Waals surface area contributed by atoms with E-state index in [1.165, 1.54) is 0 Å². The molecule has 2 aliphatic rings. The van der Waals surface area contributed by atoms with Crippen molar-refractivity contribution >= 4 is 17.5 Å². The molecule has 2 aliphatic heterocycles. The van der Waals surface area contributed by atoms with Gasteiger partial charge in [0.05, 0.1) is 25.0 Å². The number of hydrogen-bond acceptors (Lipinski definition) is 7. The zero-order chi connectivity index (χ0) is 24.5. The van der Waals surface area contributed by atoms with Crippen molar-refractivity contribution in [2.75, 3.05) is 32.0 Å². The van der Waals surface area contributed by atoms with Crippen molar-refractivity contribution in [2.45, 2.75) is 38.3 Å². The van der Waals surface area contributed by atoms with Crippen LogP contribution < -0.4 is 5.32 Å². The maximum absolute atomic E-state index is 13.4. The number of aryl methyl sites for hydroxylation is 1. The van der Waals surface area contributed by atoms with Gasteiger partial charge in [0.1, 0.15) is 0 Å². The Morgan fingerprint density at radius 3 is 2.89 bits per heavy atom. The third-order valence-corrected chi connectivity index (χ3v) is 6.74. The Bertz CT molecular complexity index is 1260. The zero-order valence-corrected chi connectivity index (χ0v) is 19.9. The highest BCUT2D eigenvalue weighted by Gasteiger charge is 2.29. The van der Waals surface area contributed by atoms with E-state index in [-0.39, 0.29) is 30.4 Å². The number of amides is 2. The summed E-state index contributed by atoms with van der Waals surface area (Å²) in [6.07, 6.45) is 0.989. The molecular weight excluding hydrogens is 446 g/mol. The largest absolute Gasteiger partial charge is 0.421 e. The fourth-order valence-corrected chi connectivity index (χ4v) is 4.81. The lowest BCUT2D eigenvalue weighted by Gasteiger charge is -2.32. The molecule has 0 radical (unpaired) electrons. The molecule has 2 amide bonds. The normalized spacial score (nSPS) is 18.4. The third-order valence-electron chi connectivity index (χ3n) is 6.74. The minimum atomic E-state index is -0.342. The zero-order valence-electron chi connectivity index (χ0n) is 19.9. The summed E-state index contributed by atoms with van der Waals surface area (Å²) >= 11 is 0. The van der Waals surface area contributed by atoms with Crippen LogP contribution in [0.25, 0.3) is 11.5 Å². The van der Waals surface area contributed by atoms with Crippen LogP contribution in [0.3, 0.4) is 0 Å². The monoisotopic (exact) mass is 475 g/mol. The Hall–Kier alpha value is -3.56. The molecule has 1 unspecified atom stereocenters. The number of aliphatic hydroxyl groups is 1. The SMILES string of the molecule is Cc1nnc(-c2cccc([C@@H](CN3CCC(O)C3)N(C)C(=O)Cc3ccc4c(c3)NC(=O)C4)c2)o1. The van der Waals surface area contributed by atoms with Crippen LogP contribution in [-0.2, 0) is 22.4 Å². The number of benzene rings is 2. The van der Waals surface area contributed by atoms with Crippen LogP contribution in [0.1, 0.15) is 35.0 Å². The summed E-state index contributed by atoms with van der Waals surface area (Å²) in [5.41, 5.74) is 4.35. The Balaban J connectivity index is 1.39. The molecule has 3 heterocycles. The van der Waals surface area contributed by atoms with Gasteiger partial charge in [0, 0.05) is 44.9 Å². The number of fused-ring (bicyclic) bond motifs is 1. The van der Waals surface area contributed by atoms with Gasteiger partial charge < -0.3 is 19.7 Å². The van der Waals surface area contributed by atoms with Crippen molar-refractivity contribution in [3.8, 4) is 11.5 Å². The molecule has 2 N–H and O–H groups in total. The van der Waals surface area contributed by atoms with Crippen LogP contribution >= 0.6 is 0 Å². The lowest BCUT2D eigenvalue weighted by atomic mass is 10.0. The Labute approximate surface area is 203 Å². The lowest BCUT2D eigenvalue weighted by molar-refractivity contribution is -0.131. The van der Waals surface area contributed by atoms with Crippen molar-refractivity contribution in [3.05, 3.63) is 65.0 Å². The number of carbonyl (C=O) groups excluding carboxylic acids is 2. The quantitative estimate of drug-likeness (QED) is 0.539. The number of aliphatic hydroxyl groups excluding tert-OH is 1. The predicted octanol–water partition coefficient (Wildman–Crippen LogP) is 2.35. The van der Waals surface area contributed by atoms with Gasteiger partial charge in [-0.15, -0.1) is 10.2 Å². The fraction of sp³-hybridized carbons (Fsp3) is 0.385. The number of likely N-dealkylation sites (tertiary alicyclic amines) is 1. The molecule has 9 nitrogen and oxygen atoms in total. The Kier molecular flexibility index (Phi) is 6.36. The third kappa shape index (κ3) is 5.11. The number of rotatable bonds is 7. The second kappa shape index (κ2) is 9.59. The van der Waals surface area contributed by atoms with Gasteiger partial charge in [-0.25, -0.2) is 0 Å². The average Bonchev–Trinajstić information content (AvgIpc) is 3.56. The number of β-amino-alcohol motifs (C(OH)–C–C–N with tert-alkyl or cyclic N) is 1. The van der Waals surface area contributed by atoms with Gasteiger partial charge in [0.25, 0.3) is 0 Å². The van der Waals surface area contributed by atoms with Gasteiger partial charge in [-0.3, -0.25) is 14.5 Å². The molecule has 2 atom stereocenters. The summed E-state index contributed by atoms with van der Waals surface area (Å²) in [5, 5.41) is 20.9. The van der Waals surface area contributed by atoms with Crippen molar-refractivity contribution in [3.63, 3.8) is 0 Å². The standard InChI is InChI=1S/C26H29N5O4/c1-16-28-29-26(35-16)20-5-3-4-19(12-20)23(15-31-9-8-21(32)14-31)30(2)25(34)11-17-6-7-18-13-24(33)27-22(18)10-17/h3-7,10,12,21,23,32H,8-9,11,13-15H2,1-2H3,(H,27,33)/t21?,23-/m1/s1. The molecule has 182 valence electrons. The Morgan fingerprint density at radius 1 is 1.29 bits per heavy atom.